The lowest BCUT2D eigenvalue weighted by Gasteiger charge is -2.30. The van der Waals surface area contributed by atoms with E-state index in [0.717, 1.165) is 0 Å². The molecule has 0 radical (unpaired) electrons. The van der Waals surface area contributed by atoms with E-state index in [1.165, 1.54) is 12.3 Å². The zero-order chi connectivity index (χ0) is 18.4. The summed E-state index contributed by atoms with van der Waals surface area (Å²) in [4.78, 5) is 24.1. The zero-order valence-corrected chi connectivity index (χ0v) is 13.9. The molecule has 26 heavy (non-hydrogen) atoms. The smallest absolute Gasteiger partial charge is 0.338 e. The van der Waals surface area contributed by atoms with Crippen molar-refractivity contribution in [3.8, 4) is 0 Å². The van der Waals surface area contributed by atoms with Gasteiger partial charge in [-0.25, -0.2) is 9.59 Å². The molecule has 6 nitrogen and oxygen atoms in total. The summed E-state index contributed by atoms with van der Waals surface area (Å²) in [5.74, 6) is -1.07. The van der Waals surface area contributed by atoms with Crippen LogP contribution in [0.25, 0.3) is 0 Å². The summed E-state index contributed by atoms with van der Waals surface area (Å²) < 4.78 is 15.8. The van der Waals surface area contributed by atoms with Crippen molar-refractivity contribution in [3.05, 3.63) is 84.1 Å². The lowest BCUT2D eigenvalue weighted by Crippen LogP contribution is -2.45. The van der Waals surface area contributed by atoms with Gasteiger partial charge in [-0.2, -0.15) is 0 Å². The standard InChI is InChI=1S/C20H18O6/c21-18-16(26-20(23)15-9-5-2-6-10-15)11-12-24-17(18)13-25-19(22)14-7-3-1-4-8-14/h1-12,16-18,21H,13H2. The first kappa shape index (κ1) is 17.7. The van der Waals surface area contributed by atoms with Gasteiger partial charge < -0.3 is 19.3 Å². The maximum absolute atomic E-state index is 12.1. The second-order valence-electron chi connectivity index (χ2n) is 5.69. The van der Waals surface area contributed by atoms with Gasteiger partial charge in [-0.05, 0) is 30.3 Å². The number of rotatable bonds is 5. The molecule has 0 saturated carbocycles. The molecule has 0 saturated heterocycles. The number of aliphatic hydroxyl groups excluding tert-OH is 1. The van der Waals surface area contributed by atoms with E-state index in [2.05, 4.69) is 0 Å². The van der Waals surface area contributed by atoms with Crippen LogP contribution in [-0.2, 0) is 14.2 Å². The highest BCUT2D eigenvalue weighted by Crippen LogP contribution is 2.18. The highest BCUT2D eigenvalue weighted by atomic mass is 16.6. The fraction of sp³-hybridized carbons (Fsp3) is 0.200. The summed E-state index contributed by atoms with van der Waals surface area (Å²) in [6.45, 7) is -0.168. The van der Waals surface area contributed by atoms with Gasteiger partial charge in [-0.1, -0.05) is 36.4 Å². The Hall–Kier alpha value is -3.12. The number of aliphatic hydroxyl groups is 1. The van der Waals surface area contributed by atoms with Gasteiger partial charge in [-0.3, -0.25) is 0 Å². The first-order chi connectivity index (χ1) is 12.6. The third-order valence-electron chi connectivity index (χ3n) is 3.88. The van der Waals surface area contributed by atoms with Crippen LogP contribution < -0.4 is 0 Å². The van der Waals surface area contributed by atoms with Gasteiger partial charge in [0.15, 0.2) is 12.2 Å². The summed E-state index contributed by atoms with van der Waals surface area (Å²) in [5, 5.41) is 10.4. The molecule has 1 aliphatic rings. The Morgan fingerprint density at radius 3 is 2.12 bits per heavy atom. The lowest BCUT2D eigenvalue weighted by molar-refractivity contribution is -0.0900. The molecular weight excluding hydrogens is 336 g/mol. The van der Waals surface area contributed by atoms with Crippen LogP contribution in [0, 0.1) is 0 Å². The van der Waals surface area contributed by atoms with Crippen molar-refractivity contribution in [2.24, 2.45) is 0 Å². The molecule has 3 unspecified atom stereocenters. The van der Waals surface area contributed by atoms with E-state index in [4.69, 9.17) is 14.2 Å². The molecule has 6 heteroatoms. The van der Waals surface area contributed by atoms with Gasteiger partial charge in [0.05, 0.1) is 17.4 Å². The van der Waals surface area contributed by atoms with Gasteiger partial charge in [0.25, 0.3) is 0 Å². The van der Waals surface area contributed by atoms with Gasteiger partial charge in [0, 0.05) is 0 Å². The summed E-state index contributed by atoms with van der Waals surface area (Å²) in [6, 6.07) is 17.0. The van der Waals surface area contributed by atoms with Gasteiger partial charge in [0.2, 0.25) is 0 Å². The minimum absolute atomic E-state index is 0.168. The highest BCUT2D eigenvalue weighted by Gasteiger charge is 2.34. The molecule has 1 aliphatic heterocycles. The van der Waals surface area contributed by atoms with Crippen LogP contribution in [0.4, 0.5) is 0 Å². The Balaban J connectivity index is 1.56. The van der Waals surface area contributed by atoms with Crippen LogP contribution in [0.3, 0.4) is 0 Å². The SMILES string of the molecule is O=C(OCC1OC=CC(OC(=O)c2ccccc2)C1O)c1ccccc1. The van der Waals surface area contributed by atoms with E-state index >= 15 is 0 Å². The second-order valence-corrected chi connectivity index (χ2v) is 5.69. The first-order valence-electron chi connectivity index (χ1n) is 8.13. The Morgan fingerprint density at radius 2 is 1.50 bits per heavy atom. The predicted molar refractivity (Wildman–Crippen MR) is 92.4 cm³/mol. The molecule has 0 bridgehead atoms. The molecule has 0 aromatic heterocycles. The van der Waals surface area contributed by atoms with Gasteiger partial charge in [-0.15, -0.1) is 0 Å². The third kappa shape index (κ3) is 4.29. The van der Waals surface area contributed by atoms with Gasteiger partial charge >= 0.3 is 11.9 Å². The van der Waals surface area contributed by atoms with Crippen LogP contribution >= 0.6 is 0 Å². The number of hydrogen-bond donors (Lipinski definition) is 1. The van der Waals surface area contributed by atoms with E-state index in [9.17, 15) is 14.7 Å². The molecule has 0 fully saturated rings. The second kappa shape index (κ2) is 8.31. The van der Waals surface area contributed by atoms with Crippen molar-refractivity contribution < 1.29 is 28.9 Å². The maximum atomic E-state index is 12.1. The quantitative estimate of drug-likeness (QED) is 0.830. The van der Waals surface area contributed by atoms with E-state index in [0.29, 0.717) is 11.1 Å². The van der Waals surface area contributed by atoms with Crippen molar-refractivity contribution in [1.29, 1.82) is 0 Å². The molecule has 0 spiro atoms. The van der Waals surface area contributed by atoms with Crippen molar-refractivity contribution in [2.45, 2.75) is 18.3 Å². The van der Waals surface area contributed by atoms with E-state index in [-0.39, 0.29) is 6.61 Å². The predicted octanol–water partition coefficient (Wildman–Crippen LogP) is 2.34. The molecule has 1 heterocycles. The molecule has 2 aromatic carbocycles. The Labute approximate surface area is 150 Å². The number of ether oxygens (including phenoxy) is 3. The lowest BCUT2D eigenvalue weighted by atomic mass is 10.1. The number of esters is 2. The van der Waals surface area contributed by atoms with Crippen molar-refractivity contribution in [3.63, 3.8) is 0 Å². The van der Waals surface area contributed by atoms with Crippen LogP contribution in [0.2, 0.25) is 0 Å². The largest absolute Gasteiger partial charge is 0.492 e. The maximum Gasteiger partial charge on any atom is 0.338 e. The summed E-state index contributed by atoms with van der Waals surface area (Å²) in [5.41, 5.74) is 0.784. The molecule has 0 aliphatic carbocycles. The fourth-order valence-corrected chi connectivity index (χ4v) is 2.46. The molecule has 2 aromatic rings. The highest BCUT2D eigenvalue weighted by molar-refractivity contribution is 5.90. The summed E-state index contributed by atoms with van der Waals surface area (Å²) >= 11 is 0. The van der Waals surface area contributed by atoms with Crippen LogP contribution in [0.1, 0.15) is 20.7 Å². The van der Waals surface area contributed by atoms with Crippen LogP contribution in [-0.4, -0.2) is 42.0 Å². The average Bonchev–Trinajstić information content (AvgIpc) is 2.69. The van der Waals surface area contributed by atoms with Crippen molar-refractivity contribution in [1.82, 2.24) is 0 Å². The minimum Gasteiger partial charge on any atom is -0.492 e. The van der Waals surface area contributed by atoms with Crippen LogP contribution in [0.15, 0.2) is 73.0 Å². The zero-order valence-electron chi connectivity index (χ0n) is 13.9. The molecule has 3 atom stereocenters. The van der Waals surface area contributed by atoms with E-state index in [1.54, 1.807) is 60.7 Å². The summed E-state index contributed by atoms with van der Waals surface area (Å²) in [7, 11) is 0. The molecule has 1 N–H and O–H groups in total. The number of benzene rings is 2. The number of carbonyl (C=O) groups excluding carboxylic acids is 2. The average molecular weight is 354 g/mol. The third-order valence-corrected chi connectivity index (χ3v) is 3.88. The van der Waals surface area contributed by atoms with Crippen LogP contribution in [0.5, 0.6) is 0 Å². The van der Waals surface area contributed by atoms with E-state index in [1.807, 2.05) is 0 Å². The fourth-order valence-electron chi connectivity index (χ4n) is 2.46. The van der Waals surface area contributed by atoms with Gasteiger partial charge in [0.1, 0.15) is 12.7 Å². The van der Waals surface area contributed by atoms with E-state index < -0.39 is 30.3 Å². The normalized spacial score (nSPS) is 21.5. The molecular formula is C20H18O6. The van der Waals surface area contributed by atoms with Crippen molar-refractivity contribution in [2.75, 3.05) is 6.61 Å². The minimum atomic E-state index is -1.16. The monoisotopic (exact) mass is 354 g/mol. The molecule has 0 amide bonds. The Kier molecular flexibility index (Phi) is 5.66. The topological polar surface area (TPSA) is 82.1 Å². The number of hydrogen-bond acceptors (Lipinski definition) is 6. The Bertz CT molecular complexity index is 771. The number of carbonyl (C=O) groups is 2. The molecule has 3 rings (SSSR count). The summed E-state index contributed by atoms with van der Waals surface area (Å²) in [6.07, 6.45) is -0.105. The van der Waals surface area contributed by atoms with Crippen molar-refractivity contribution >= 4 is 11.9 Å². The Morgan fingerprint density at radius 1 is 0.923 bits per heavy atom. The first-order valence-corrected chi connectivity index (χ1v) is 8.13. The molecule has 134 valence electrons.